The van der Waals surface area contributed by atoms with Crippen LogP contribution in [0.3, 0.4) is 0 Å². The predicted octanol–water partition coefficient (Wildman–Crippen LogP) is 0.487. The molecule has 0 bridgehead atoms. The van der Waals surface area contributed by atoms with Crippen LogP contribution in [0, 0.1) is 6.92 Å². The number of carbonyl (C=O) groups excluding carboxylic acids is 1. The van der Waals surface area contributed by atoms with Gasteiger partial charge in [0.25, 0.3) is 0 Å². The third-order valence-corrected chi connectivity index (χ3v) is 3.99. The van der Waals surface area contributed by atoms with Gasteiger partial charge in [-0.25, -0.2) is 8.42 Å². The summed E-state index contributed by atoms with van der Waals surface area (Å²) in [5, 5.41) is 2.46. The number of rotatable bonds is 4. The maximum atomic E-state index is 12.0. The first-order chi connectivity index (χ1) is 7.86. The average molecular weight is 256 g/mol. The van der Waals surface area contributed by atoms with Crippen molar-refractivity contribution in [3.63, 3.8) is 0 Å². The van der Waals surface area contributed by atoms with E-state index in [2.05, 4.69) is 5.32 Å². The van der Waals surface area contributed by atoms with E-state index >= 15 is 0 Å². The lowest BCUT2D eigenvalue weighted by Gasteiger charge is -2.08. The molecule has 1 amide bonds. The Hall–Kier alpha value is -1.56. The van der Waals surface area contributed by atoms with Gasteiger partial charge in [-0.05, 0) is 31.5 Å². The maximum absolute atomic E-state index is 12.0. The normalized spacial score (nSPS) is 11.2. The van der Waals surface area contributed by atoms with Crippen LogP contribution < -0.4 is 11.1 Å². The molecule has 0 heterocycles. The van der Waals surface area contributed by atoms with Crippen molar-refractivity contribution in [1.82, 2.24) is 5.32 Å². The van der Waals surface area contributed by atoms with E-state index in [4.69, 9.17) is 5.73 Å². The lowest BCUT2D eigenvalue weighted by atomic mass is 10.2. The fourth-order valence-corrected chi connectivity index (χ4v) is 2.93. The summed E-state index contributed by atoms with van der Waals surface area (Å²) in [5.74, 6) is -1.06. The Balaban J connectivity index is 3.05. The first kappa shape index (κ1) is 13.5. The fraction of sp³-hybridized carbons (Fsp3) is 0.364. The quantitative estimate of drug-likeness (QED) is 0.767. The lowest BCUT2D eigenvalue weighted by Crippen LogP contribution is -2.30. The first-order valence-corrected chi connectivity index (χ1v) is 6.87. The molecule has 1 rings (SSSR count). The van der Waals surface area contributed by atoms with E-state index < -0.39 is 21.5 Å². The highest BCUT2D eigenvalue weighted by molar-refractivity contribution is 7.92. The molecule has 0 saturated heterocycles. The summed E-state index contributed by atoms with van der Waals surface area (Å²) < 4.78 is 23.9. The standard InChI is InChI=1S/C11H16N2O3S/c1-3-13-11(14)7-17(15,16)10-6-9(12)5-4-8(10)2/h4-6H,3,7,12H2,1-2H3,(H,13,14). The van der Waals surface area contributed by atoms with Gasteiger partial charge >= 0.3 is 0 Å². The third-order valence-electron chi connectivity index (χ3n) is 2.24. The molecular formula is C11H16N2O3S. The molecule has 1 aromatic rings. The van der Waals surface area contributed by atoms with Crippen LogP contribution in [0.15, 0.2) is 23.1 Å². The van der Waals surface area contributed by atoms with Crippen LogP contribution in [0.1, 0.15) is 12.5 Å². The summed E-state index contributed by atoms with van der Waals surface area (Å²) in [6.45, 7) is 3.81. The molecule has 1 aromatic carbocycles. The van der Waals surface area contributed by atoms with E-state index in [9.17, 15) is 13.2 Å². The summed E-state index contributed by atoms with van der Waals surface area (Å²) in [5.41, 5.74) is 6.50. The summed E-state index contributed by atoms with van der Waals surface area (Å²) >= 11 is 0. The zero-order valence-electron chi connectivity index (χ0n) is 9.86. The second-order valence-corrected chi connectivity index (χ2v) is 5.70. The Kier molecular flexibility index (Phi) is 4.11. The summed E-state index contributed by atoms with van der Waals surface area (Å²) in [7, 11) is -3.63. The zero-order valence-corrected chi connectivity index (χ0v) is 10.7. The number of hydrogen-bond donors (Lipinski definition) is 2. The van der Waals surface area contributed by atoms with Gasteiger partial charge in [0.1, 0.15) is 5.75 Å². The molecule has 6 heteroatoms. The minimum absolute atomic E-state index is 0.115. The van der Waals surface area contributed by atoms with Crippen LogP contribution in [-0.2, 0) is 14.6 Å². The first-order valence-electron chi connectivity index (χ1n) is 5.22. The number of carbonyl (C=O) groups is 1. The Labute approximate surface area is 101 Å². The Morgan fingerprint density at radius 2 is 2.06 bits per heavy atom. The molecule has 0 saturated carbocycles. The van der Waals surface area contributed by atoms with Crippen LogP contribution in [-0.4, -0.2) is 26.6 Å². The van der Waals surface area contributed by atoms with E-state index in [1.165, 1.54) is 6.07 Å². The van der Waals surface area contributed by atoms with Gasteiger partial charge in [-0.15, -0.1) is 0 Å². The number of sulfone groups is 1. The van der Waals surface area contributed by atoms with E-state index in [0.717, 1.165) is 0 Å². The maximum Gasteiger partial charge on any atom is 0.235 e. The second kappa shape index (κ2) is 5.18. The minimum atomic E-state index is -3.63. The van der Waals surface area contributed by atoms with Crippen molar-refractivity contribution in [2.45, 2.75) is 18.7 Å². The Bertz CT molecular complexity index is 524. The molecule has 0 aliphatic carbocycles. The van der Waals surface area contributed by atoms with Crippen molar-refractivity contribution in [2.24, 2.45) is 0 Å². The molecule has 0 radical (unpaired) electrons. The summed E-state index contributed by atoms with van der Waals surface area (Å²) in [6.07, 6.45) is 0. The Morgan fingerprint density at radius 3 is 2.65 bits per heavy atom. The zero-order chi connectivity index (χ0) is 13.1. The van der Waals surface area contributed by atoms with Crippen molar-refractivity contribution >= 4 is 21.4 Å². The van der Waals surface area contributed by atoms with Gasteiger partial charge in [-0.2, -0.15) is 0 Å². The molecule has 0 unspecified atom stereocenters. The molecule has 5 nitrogen and oxygen atoms in total. The van der Waals surface area contributed by atoms with Crippen LogP contribution in [0.25, 0.3) is 0 Å². The largest absolute Gasteiger partial charge is 0.399 e. The minimum Gasteiger partial charge on any atom is -0.399 e. The third kappa shape index (κ3) is 3.45. The molecule has 3 N–H and O–H groups in total. The van der Waals surface area contributed by atoms with Gasteiger partial charge in [0.15, 0.2) is 9.84 Å². The van der Waals surface area contributed by atoms with Crippen LogP contribution in [0.4, 0.5) is 5.69 Å². The summed E-state index contributed by atoms with van der Waals surface area (Å²) in [6, 6.07) is 4.63. The van der Waals surface area contributed by atoms with Crippen LogP contribution >= 0.6 is 0 Å². The van der Waals surface area contributed by atoms with Gasteiger partial charge < -0.3 is 11.1 Å². The van der Waals surface area contributed by atoms with E-state index in [1.54, 1.807) is 26.0 Å². The van der Waals surface area contributed by atoms with Crippen molar-refractivity contribution in [1.29, 1.82) is 0 Å². The highest BCUT2D eigenvalue weighted by atomic mass is 32.2. The van der Waals surface area contributed by atoms with Crippen LogP contribution in [0.5, 0.6) is 0 Å². The topological polar surface area (TPSA) is 89.3 Å². The number of nitrogen functional groups attached to an aromatic ring is 1. The number of anilines is 1. The van der Waals surface area contributed by atoms with Gasteiger partial charge in [-0.1, -0.05) is 6.07 Å². The van der Waals surface area contributed by atoms with Crippen molar-refractivity contribution in [2.75, 3.05) is 18.0 Å². The number of hydrogen-bond acceptors (Lipinski definition) is 4. The highest BCUT2D eigenvalue weighted by Gasteiger charge is 2.21. The highest BCUT2D eigenvalue weighted by Crippen LogP contribution is 2.19. The molecule has 0 atom stereocenters. The number of nitrogens with one attached hydrogen (secondary N) is 1. The van der Waals surface area contributed by atoms with E-state index in [-0.39, 0.29) is 4.90 Å². The van der Waals surface area contributed by atoms with Crippen molar-refractivity contribution in [3.8, 4) is 0 Å². The van der Waals surface area contributed by atoms with Gasteiger partial charge in [0, 0.05) is 12.2 Å². The summed E-state index contributed by atoms with van der Waals surface area (Å²) in [4.78, 5) is 11.4. The Morgan fingerprint density at radius 1 is 1.41 bits per heavy atom. The van der Waals surface area contributed by atoms with Gasteiger partial charge in [-0.3, -0.25) is 4.79 Å². The average Bonchev–Trinajstić information content (AvgIpc) is 2.21. The van der Waals surface area contributed by atoms with Crippen LogP contribution in [0.2, 0.25) is 0 Å². The molecule has 94 valence electrons. The second-order valence-electron chi connectivity index (χ2n) is 3.74. The van der Waals surface area contributed by atoms with E-state index in [1.807, 2.05) is 0 Å². The van der Waals surface area contributed by atoms with Crippen molar-refractivity contribution < 1.29 is 13.2 Å². The molecule has 0 aliphatic rings. The molecule has 0 aromatic heterocycles. The van der Waals surface area contributed by atoms with Gasteiger partial charge in [0.05, 0.1) is 4.90 Å². The smallest absolute Gasteiger partial charge is 0.235 e. The predicted molar refractivity (Wildman–Crippen MR) is 66.3 cm³/mol. The molecule has 17 heavy (non-hydrogen) atoms. The number of amides is 1. The van der Waals surface area contributed by atoms with Crippen molar-refractivity contribution in [3.05, 3.63) is 23.8 Å². The lowest BCUT2D eigenvalue weighted by molar-refractivity contribution is -0.118. The molecule has 0 spiro atoms. The SMILES string of the molecule is CCNC(=O)CS(=O)(=O)c1cc(N)ccc1C. The number of benzene rings is 1. The number of nitrogens with two attached hydrogens (primary N) is 1. The number of aryl methyl sites for hydroxylation is 1. The molecule has 0 fully saturated rings. The fourth-order valence-electron chi connectivity index (χ4n) is 1.45. The van der Waals surface area contributed by atoms with E-state index in [0.29, 0.717) is 17.8 Å². The van der Waals surface area contributed by atoms with Gasteiger partial charge in [0.2, 0.25) is 5.91 Å². The monoisotopic (exact) mass is 256 g/mol. The molecular weight excluding hydrogens is 240 g/mol. The molecule has 0 aliphatic heterocycles.